The Labute approximate surface area is 439 Å². The Morgan fingerprint density at radius 1 is 0.573 bits per heavy atom. The molecule has 0 bridgehead atoms. The average molecular weight is 1050 g/mol. The highest BCUT2D eigenvalue weighted by molar-refractivity contribution is 7.86. The lowest BCUT2D eigenvalue weighted by Crippen LogP contribution is -2.46. The van der Waals surface area contributed by atoms with Gasteiger partial charge < -0.3 is 38.3 Å². The van der Waals surface area contributed by atoms with Crippen LogP contribution < -0.4 is 15.6 Å². The summed E-state index contributed by atoms with van der Waals surface area (Å²) < 4.78 is 46.5. The van der Waals surface area contributed by atoms with Crippen molar-refractivity contribution in [3.63, 3.8) is 0 Å². The topological polar surface area (TPSA) is 187 Å². The van der Waals surface area contributed by atoms with Crippen molar-refractivity contribution < 1.29 is 40.9 Å². The van der Waals surface area contributed by atoms with Gasteiger partial charge in [-0.25, -0.2) is 9.59 Å². The number of aromatic hydroxyl groups is 1. The summed E-state index contributed by atoms with van der Waals surface area (Å²) in [6.45, 7) is 13.6. The van der Waals surface area contributed by atoms with Gasteiger partial charge in [-0.2, -0.15) is 8.42 Å². The van der Waals surface area contributed by atoms with E-state index >= 15 is 0 Å². The first-order valence-electron chi connectivity index (χ1n) is 26.5. The quantitative estimate of drug-likeness (QED) is 0.126. The number of hydrogen-bond acceptors (Lipinski definition) is 13. The molecule has 0 radical (unpaired) electrons. The number of carbonyl (C=O) groups is 2. The van der Waals surface area contributed by atoms with E-state index in [1.807, 2.05) is 38.7 Å². The van der Waals surface area contributed by atoms with Crippen LogP contribution in [0, 0.1) is 18.8 Å². The molecule has 6 aliphatic heterocycles. The van der Waals surface area contributed by atoms with E-state index in [4.69, 9.17) is 22.9 Å². The van der Waals surface area contributed by atoms with Crippen LogP contribution in [0.2, 0.25) is 0 Å². The van der Waals surface area contributed by atoms with Gasteiger partial charge in [0.05, 0.1) is 31.2 Å². The molecule has 400 valence electrons. The van der Waals surface area contributed by atoms with Gasteiger partial charge in [0.2, 0.25) is 16.6 Å². The number of piperidine rings is 2. The summed E-state index contributed by atoms with van der Waals surface area (Å²) in [7, 11) is -3.71. The number of urea groups is 2. The summed E-state index contributed by atoms with van der Waals surface area (Å²) in [4.78, 5) is 61.1. The Morgan fingerprint density at radius 2 is 0.987 bits per heavy atom. The van der Waals surface area contributed by atoms with Crippen molar-refractivity contribution in [1.82, 2.24) is 29.4 Å². The number of hydrogen-bond donors (Lipinski definition) is 1. The number of amides is 4. The van der Waals surface area contributed by atoms with E-state index in [9.17, 15) is 27.6 Å². The van der Waals surface area contributed by atoms with Crippen LogP contribution in [0.15, 0.2) is 121 Å². The maximum absolute atomic E-state index is 12.5. The molecule has 8 heterocycles. The fourth-order valence-electron chi connectivity index (χ4n) is 10.6. The number of benzene rings is 3. The Balaban J connectivity index is 0.000000143. The van der Waals surface area contributed by atoms with Crippen molar-refractivity contribution in [2.24, 2.45) is 11.8 Å². The molecule has 0 spiro atoms. The first-order chi connectivity index (χ1) is 36.3. The summed E-state index contributed by atoms with van der Waals surface area (Å²) in [5.74, 6) is 1.68. The standard InChI is InChI=1S/C25H31N3O4.C18H26N2O4S.C14H13NO3/c29-23-13-22(16-26-14-20-5-1-2-6-21(20)15-26)31-18-24(23)32-17-19-7-11-28(12-8-19)25(30)27-9-3-4-10-27;1-15-4-6-17(7-5-15)25(22,23)24-14-16-8-12-20(13-9-16)18(21)19-10-2-3-11-19;16-13-5-12(18-9-14(13)17)8-15-6-10-3-1-2-4-11(10)7-15/h1-2,5-6,13,18-19H,3-4,7-12,14-17H2;4-7,16H,2-3,8-14H2,1H3;1-5,9,17H,6-8H2. The molecule has 4 saturated heterocycles. The number of fused-ring (bicyclic) bond motifs is 2. The van der Waals surface area contributed by atoms with E-state index < -0.39 is 15.5 Å². The Hall–Kier alpha value is -6.47. The van der Waals surface area contributed by atoms with Gasteiger partial charge in [0.15, 0.2) is 5.75 Å². The fraction of sp³-hybridized carbons (Fsp3) is 0.474. The molecule has 4 amide bonds. The van der Waals surface area contributed by atoms with E-state index in [-0.39, 0.29) is 46.4 Å². The molecule has 5 aromatic rings. The van der Waals surface area contributed by atoms with E-state index in [1.165, 1.54) is 34.6 Å². The molecule has 2 aromatic heterocycles. The molecule has 6 aliphatic rings. The number of rotatable bonds is 11. The first-order valence-corrected chi connectivity index (χ1v) is 27.9. The minimum Gasteiger partial charge on any atom is -0.502 e. The van der Waals surface area contributed by atoms with E-state index in [2.05, 4.69) is 46.2 Å². The zero-order chi connectivity index (χ0) is 52.3. The highest BCUT2D eigenvalue weighted by Gasteiger charge is 2.31. The molecule has 3 aromatic carbocycles. The molecule has 0 atom stereocenters. The van der Waals surface area contributed by atoms with Crippen molar-refractivity contribution in [1.29, 1.82) is 0 Å². The number of likely N-dealkylation sites (tertiary alicyclic amines) is 4. The predicted octanol–water partition coefficient (Wildman–Crippen LogP) is 7.95. The summed E-state index contributed by atoms with van der Waals surface area (Å²) in [5, 5.41) is 9.13. The second-order valence-electron chi connectivity index (χ2n) is 20.7. The van der Waals surface area contributed by atoms with Crippen LogP contribution in [-0.4, -0.2) is 121 Å². The zero-order valence-electron chi connectivity index (χ0n) is 43.0. The Kier molecular flexibility index (Phi) is 17.7. The van der Waals surface area contributed by atoms with Crippen LogP contribution in [0.5, 0.6) is 11.5 Å². The average Bonchev–Trinajstić information content (AvgIpc) is 4.28. The van der Waals surface area contributed by atoms with Gasteiger partial charge in [0, 0.05) is 90.7 Å². The number of carbonyl (C=O) groups excluding carboxylic acids is 2. The third-order valence-corrected chi connectivity index (χ3v) is 16.4. The smallest absolute Gasteiger partial charge is 0.319 e. The summed E-state index contributed by atoms with van der Waals surface area (Å²) in [6, 6.07) is 26.6. The van der Waals surface area contributed by atoms with Crippen LogP contribution in [0.25, 0.3) is 0 Å². The van der Waals surface area contributed by atoms with Gasteiger partial charge in [0.25, 0.3) is 10.1 Å². The highest BCUT2D eigenvalue weighted by Crippen LogP contribution is 2.27. The largest absolute Gasteiger partial charge is 0.502 e. The first kappa shape index (κ1) is 53.4. The van der Waals surface area contributed by atoms with Crippen molar-refractivity contribution >= 4 is 22.2 Å². The normalized spacial score (nSPS) is 18.3. The van der Waals surface area contributed by atoms with Gasteiger partial charge in [0.1, 0.15) is 24.0 Å². The number of nitrogens with zero attached hydrogens (tertiary/aromatic N) is 6. The second kappa shape index (κ2) is 24.9. The molecule has 0 aliphatic carbocycles. The molecule has 75 heavy (non-hydrogen) atoms. The molecular weight excluding hydrogens is 977 g/mol. The van der Waals surface area contributed by atoms with Gasteiger partial charge in [-0.05, 0) is 105 Å². The van der Waals surface area contributed by atoms with E-state index in [0.717, 1.165) is 129 Å². The maximum Gasteiger partial charge on any atom is 0.319 e. The molecule has 11 rings (SSSR count). The molecule has 17 nitrogen and oxygen atoms in total. The van der Waals surface area contributed by atoms with Crippen LogP contribution in [0.4, 0.5) is 9.59 Å². The minimum absolute atomic E-state index is 0.129. The Bertz CT molecular complexity index is 2910. The molecule has 18 heteroatoms. The third kappa shape index (κ3) is 14.3. The second-order valence-corrected chi connectivity index (χ2v) is 22.3. The molecule has 1 N–H and O–H groups in total. The molecule has 4 fully saturated rings. The van der Waals surface area contributed by atoms with E-state index in [0.29, 0.717) is 50.2 Å². The van der Waals surface area contributed by atoms with Gasteiger partial charge in [-0.1, -0.05) is 66.2 Å². The van der Waals surface area contributed by atoms with Crippen molar-refractivity contribution in [2.45, 2.75) is 102 Å². The van der Waals surface area contributed by atoms with Crippen molar-refractivity contribution in [3.8, 4) is 11.5 Å². The molecular formula is C57H70N6O11S. The molecule has 0 unspecified atom stereocenters. The highest BCUT2D eigenvalue weighted by atomic mass is 32.2. The van der Waals surface area contributed by atoms with Crippen LogP contribution in [0.3, 0.4) is 0 Å². The minimum atomic E-state index is -3.71. The van der Waals surface area contributed by atoms with Gasteiger partial charge in [-0.3, -0.25) is 23.6 Å². The monoisotopic (exact) mass is 1050 g/mol. The lowest BCUT2D eigenvalue weighted by Gasteiger charge is -2.34. The van der Waals surface area contributed by atoms with Crippen LogP contribution >= 0.6 is 0 Å². The third-order valence-electron chi connectivity index (χ3n) is 15.1. The fourth-order valence-corrected chi connectivity index (χ4v) is 11.6. The lowest BCUT2D eigenvalue weighted by molar-refractivity contribution is 0.123. The number of ether oxygens (including phenoxy) is 1. The predicted molar refractivity (Wildman–Crippen MR) is 281 cm³/mol. The van der Waals surface area contributed by atoms with Crippen LogP contribution in [0.1, 0.15) is 90.7 Å². The SMILES string of the molecule is Cc1ccc(S(=O)(=O)OCC2CCN(C(=O)N3CCCC3)CC2)cc1.O=C(N1CCCC1)N1CCC(COc2coc(CN3Cc4ccccc4C3)cc2=O)CC1.O=c1cc(CN2Cc3ccccc3C2)occ1O. The van der Waals surface area contributed by atoms with Crippen molar-refractivity contribution in [3.05, 3.63) is 157 Å². The van der Waals surface area contributed by atoms with Gasteiger partial charge in [-0.15, -0.1) is 0 Å². The number of aryl methyl sites for hydroxylation is 1. The van der Waals surface area contributed by atoms with E-state index in [1.54, 1.807) is 30.3 Å². The van der Waals surface area contributed by atoms with Crippen molar-refractivity contribution in [2.75, 3.05) is 65.6 Å². The summed E-state index contributed by atoms with van der Waals surface area (Å²) >= 11 is 0. The zero-order valence-corrected chi connectivity index (χ0v) is 43.8. The summed E-state index contributed by atoms with van der Waals surface area (Å²) in [5.41, 5.74) is 5.79. The maximum atomic E-state index is 12.5. The van der Waals surface area contributed by atoms with Crippen LogP contribution in [-0.2, 0) is 53.6 Å². The molecule has 0 saturated carbocycles. The van der Waals surface area contributed by atoms with Gasteiger partial charge >= 0.3 is 12.1 Å². The summed E-state index contributed by atoms with van der Waals surface area (Å²) in [6.07, 6.45) is 10.3. The lowest BCUT2D eigenvalue weighted by atomic mass is 9.98. The Morgan fingerprint density at radius 3 is 1.43 bits per heavy atom.